The van der Waals surface area contributed by atoms with Gasteiger partial charge in [-0.1, -0.05) is 11.2 Å². The molecule has 1 unspecified atom stereocenters. The topological polar surface area (TPSA) is 104 Å². The number of nitrogens with one attached hydrogen (secondary N) is 1. The maximum Gasteiger partial charge on any atom is 0.490 e. The molecule has 1 amide bonds. The first-order valence-electron chi connectivity index (χ1n) is 9.32. The van der Waals surface area contributed by atoms with Crippen molar-refractivity contribution in [2.24, 2.45) is 5.16 Å². The summed E-state index contributed by atoms with van der Waals surface area (Å²) in [5, 5.41) is 12.7. The number of likely N-dealkylation sites (tertiary alicyclic amines) is 1. The number of aromatic nitrogens is 1. The number of hydrogen-bond donors (Lipinski definition) is 2. The smallest absolute Gasteiger partial charge is 0.475 e. The summed E-state index contributed by atoms with van der Waals surface area (Å²) in [5.74, 6) is -3.58. The highest BCUT2D eigenvalue weighted by Crippen LogP contribution is 2.34. The summed E-state index contributed by atoms with van der Waals surface area (Å²) < 4.78 is 68.4. The molecule has 1 aromatic heterocycles. The van der Waals surface area contributed by atoms with Crippen molar-refractivity contribution in [3.05, 3.63) is 30.1 Å². The molecule has 8 nitrogen and oxygen atoms in total. The van der Waals surface area contributed by atoms with Gasteiger partial charge < -0.3 is 15.3 Å². The molecule has 2 aliphatic heterocycles. The first-order chi connectivity index (χ1) is 14.8. The monoisotopic (exact) mass is 470 g/mol. The summed E-state index contributed by atoms with van der Waals surface area (Å²) in [7, 11) is 0. The molecule has 1 fully saturated rings. The van der Waals surface area contributed by atoms with Crippen molar-refractivity contribution in [3.8, 4) is 0 Å². The standard InChI is InChI=1S/C16H19F3N4O2.C2HF3O2/c17-16(18,19)10-21-14(24)13-8-15(25-22-13)5-3-7-23(11-15)9-12-4-1-2-6-20-12;3-2(4,5)1(6)7/h1-2,4,6H,3,5,7-11H2,(H,21,24);(H,6,7). The number of oxime groups is 1. The van der Waals surface area contributed by atoms with Crippen LogP contribution in [0.15, 0.2) is 29.6 Å². The van der Waals surface area contributed by atoms with Crippen LogP contribution in [0.3, 0.4) is 0 Å². The van der Waals surface area contributed by atoms with Gasteiger partial charge >= 0.3 is 18.3 Å². The zero-order valence-electron chi connectivity index (χ0n) is 16.5. The molecule has 0 aliphatic carbocycles. The molecule has 1 spiro atoms. The minimum absolute atomic E-state index is 0.0175. The molecule has 0 aromatic carbocycles. The molecule has 0 radical (unpaired) electrons. The van der Waals surface area contributed by atoms with Gasteiger partial charge in [-0.15, -0.1) is 0 Å². The summed E-state index contributed by atoms with van der Waals surface area (Å²) >= 11 is 0. The number of nitrogens with zero attached hydrogens (tertiary/aromatic N) is 3. The largest absolute Gasteiger partial charge is 0.490 e. The Kier molecular flexibility index (Phi) is 8.04. The Bertz CT molecular complexity index is 831. The Morgan fingerprint density at radius 3 is 2.47 bits per heavy atom. The number of hydrogen-bond acceptors (Lipinski definition) is 6. The molecular weight excluding hydrogens is 450 g/mol. The molecule has 32 heavy (non-hydrogen) atoms. The lowest BCUT2D eigenvalue weighted by molar-refractivity contribution is -0.192. The molecule has 0 bridgehead atoms. The molecule has 3 rings (SSSR count). The average molecular weight is 470 g/mol. The van der Waals surface area contributed by atoms with E-state index in [2.05, 4.69) is 15.0 Å². The maximum atomic E-state index is 12.2. The van der Waals surface area contributed by atoms with Crippen LogP contribution in [0.2, 0.25) is 0 Å². The van der Waals surface area contributed by atoms with Gasteiger partial charge in [-0.25, -0.2) is 4.79 Å². The Labute approximate surface area is 178 Å². The average Bonchev–Trinajstić information content (AvgIpc) is 3.09. The number of carboxylic acid groups (broad SMARTS) is 1. The van der Waals surface area contributed by atoms with E-state index in [0.29, 0.717) is 19.5 Å². The van der Waals surface area contributed by atoms with Crippen LogP contribution in [0.1, 0.15) is 25.0 Å². The van der Waals surface area contributed by atoms with E-state index >= 15 is 0 Å². The molecule has 3 heterocycles. The lowest BCUT2D eigenvalue weighted by Crippen LogP contribution is -2.48. The van der Waals surface area contributed by atoms with Crippen molar-refractivity contribution in [1.29, 1.82) is 0 Å². The van der Waals surface area contributed by atoms with E-state index in [4.69, 9.17) is 14.7 Å². The fourth-order valence-electron chi connectivity index (χ4n) is 3.19. The summed E-state index contributed by atoms with van der Waals surface area (Å²) in [5.41, 5.74) is 0.309. The normalized spacial score (nSPS) is 21.2. The van der Waals surface area contributed by atoms with Crippen molar-refractivity contribution in [3.63, 3.8) is 0 Å². The third-order valence-corrected chi connectivity index (χ3v) is 4.52. The number of alkyl halides is 6. The molecule has 1 saturated heterocycles. The van der Waals surface area contributed by atoms with Crippen LogP contribution >= 0.6 is 0 Å². The summed E-state index contributed by atoms with van der Waals surface area (Å²) in [6.45, 7) is 0.714. The van der Waals surface area contributed by atoms with Crippen molar-refractivity contribution < 1.29 is 45.9 Å². The van der Waals surface area contributed by atoms with E-state index in [1.807, 2.05) is 23.5 Å². The number of carbonyl (C=O) groups is 2. The van der Waals surface area contributed by atoms with Crippen molar-refractivity contribution in [2.75, 3.05) is 19.6 Å². The summed E-state index contributed by atoms with van der Waals surface area (Å²) in [6.07, 6.45) is -6.01. The number of amides is 1. The highest BCUT2D eigenvalue weighted by atomic mass is 19.4. The summed E-state index contributed by atoms with van der Waals surface area (Å²) in [4.78, 5) is 32.7. The second-order valence-corrected chi connectivity index (χ2v) is 7.23. The zero-order valence-corrected chi connectivity index (χ0v) is 16.5. The van der Waals surface area contributed by atoms with Gasteiger partial charge in [-0.2, -0.15) is 26.3 Å². The number of carbonyl (C=O) groups excluding carboxylic acids is 1. The van der Waals surface area contributed by atoms with E-state index in [9.17, 15) is 31.1 Å². The van der Waals surface area contributed by atoms with Crippen LogP contribution in [0.5, 0.6) is 0 Å². The molecular formula is C18H20F6N4O4. The van der Waals surface area contributed by atoms with Crippen molar-refractivity contribution in [1.82, 2.24) is 15.2 Å². The molecule has 2 N–H and O–H groups in total. The Hall–Kier alpha value is -2.90. The van der Waals surface area contributed by atoms with E-state index in [-0.39, 0.29) is 12.1 Å². The van der Waals surface area contributed by atoms with Crippen molar-refractivity contribution in [2.45, 2.75) is 43.8 Å². The van der Waals surface area contributed by atoms with E-state index in [1.54, 1.807) is 6.20 Å². The highest BCUT2D eigenvalue weighted by molar-refractivity contribution is 6.39. The third kappa shape index (κ3) is 7.98. The van der Waals surface area contributed by atoms with Gasteiger partial charge in [0.1, 0.15) is 12.3 Å². The van der Waals surface area contributed by atoms with E-state index in [0.717, 1.165) is 18.7 Å². The van der Waals surface area contributed by atoms with Gasteiger partial charge in [-0.3, -0.25) is 14.7 Å². The minimum Gasteiger partial charge on any atom is -0.475 e. The number of aliphatic carboxylic acids is 1. The fraction of sp³-hybridized carbons (Fsp3) is 0.556. The van der Waals surface area contributed by atoms with Gasteiger partial charge in [0.15, 0.2) is 5.60 Å². The number of halogens is 6. The maximum absolute atomic E-state index is 12.2. The number of rotatable bonds is 4. The molecule has 0 saturated carbocycles. The second kappa shape index (κ2) is 10.1. The fourth-order valence-corrected chi connectivity index (χ4v) is 3.19. The van der Waals surface area contributed by atoms with Gasteiger partial charge in [-0.05, 0) is 31.5 Å². The van der Waals surface area contributed by atoms with Crippen LogP contribution in [-0.4, -0.2) is 70.2 Å². The predicted molar refractivity (Wildman–Crippen MR) is 97.4 cm³/mol. The Morgan fingerprint density at radius 1 is 1.22 bits per heavy atom. The van der Waals surface area contributed by atoms with Crippen molar-refractivity contribution >= 4 is 17.6 Å². The lowest BCUT2D eigenvalue weighted by Gasteiger charge is -2.38. The molecule has 178 valence electrons. The van der Waals surface area contributed by atoms with Crippen LogP contribution < -0.4 is 5.32 Å². The van der Waals surface area contributed by atoms with Crippen LogP contribution in [0.25, 0.3) is 0 Å². The molecule has 1 aromatic rings. The molecule has 2 aliphatic rings. The van der Waals surface area contributed by atoms with E-state index in [1.165, 1.54) is 0 Å². The van der Waals surface area contributed by atoms with E-state index < -0.39 is 36.4 Å². The number of piperidine rings is 1. The molecule has 1 atom stereocenters. The quantitative estimate of drug-likeness (QED) is 0.656. The van der Waals surface area contributed by atoms with Crippen LogP contribution in [0, 0.1) is 0 Å². The summed E-state index contributed by atoms with van der Waals surface area (Å²) in [6, 6.07) is 5.70. The first kappa shape index (κ1) is 25.4. The minimum atomic E-state index is -5.08. The number of pyridine rings is 1. The number of carboxylic acids is 1. The third-order valence-electron chi connectivity index (χ3n) is 4.52. The van der Waals surface area contributed by atoms with Crippen LogP contribution in [0.4, 0.5) is 26.3 Å². The first-order valence-corrected chi connectivity index (χ1v) is 9.32. The highest BCUT2D eigenvalue weighted by Gasteiger charge is 2.45. The SMILES string of the molecule is O=C(NCC(F)(F)F)C1=NOC2(CCCN(Cc3ccccn3)C2)C1.O=C(O)C(F)(F)F. The lowest BCUT2D eigenvalue weighted by atomic mass is 9.88. The van der Waals surface area contributed by atoms with Gasteiger partial charge in [0.25, 0.3) is 5.91 Å². The zero-order chi connectivity index (χ0) is 24.0. The molecule has 14 heteroatoms. The van der Waals surface area contributed by atoms with Gasteiger partial charge in [0.2, 0.25) is 0 Å². The van der Waals surface area contributed by atoms with Gasteiger partial charge in [0.05, 0.1) is 5.69 Å². The Morgan fingerprint density at radius 2 is 1.91 bits per heavy atom. The Balaban J connectivity index is 0.000000451. The second-order valence-electron chi connectivity index (χ2n) is 7.23. The van der Waals surface area contributed by atoms with Crippen LogP contribution in [-0.2, 0) is 21.0 Å². The predicted octanol–water partition coefficient (Wildman–Crippen LogP) is 2.50. The van der Waals surface area contributed by atoms with Gasteiger partial charge in [0, 0.05) is 25.7 Å².